The third kappa shape index (κ3) is 4.65. The Kier molecular flexibility index (Phi) is 6.13. The van der Waals surface area contributed by atoms with E-state index in [4.69, 9.17) is 14.5 Å². The number of piperidine rings is 1. The molecule has 5 heteroatoms. The molecule has 1 saturated heterocycles. The number of hydrogen-bond acceptors (Lipinski definition) is 5. The lowest BCUT2D eigenvalue weighted by molar-refractivity contribution is 0.166. The minimum absolute atomic E-state index is 0.145. The number of nitrogens with zero attached hydrogens (tertiary/aromatic N) is 2. The SMILES string of the molecule is CC(C)Oc1ccccc1OCCN1CCC(c2nc3ccccc3s2)CC1. The van der Waals surface area contributed by atoms with Crippen molar-refractivity contribution in [3.05, 3.63) is 53.5 Å². The highest BCUT2D eigenvalue weighted by atomic mass is 32.1. The van der Waals surface area contributed by atoms with Gasteiger partial charge in [-0.05, 0) is 64.0 Å². The second-order valence-corrected chi connectivity index (χ2v) is 8.66. The van der Waals surface area contributed by atoms with Gasteiger partial charge in [-0.3, -0.25) is 4.90 Å². The molecule has 1 aromatic heterocycles. The molecule has 0 spiro atoms. The average Bonchev–Trinajstić information content (AvgIpc) is 3.14. The van der Waals surface area contributed by atoms with Crippen molar-refractivity contribution >= 4 is 21.6 Å². The quantitative estimate of drug-likeness (QED) is 0.540. The number of likely N-dealkylation sites (tertiary alicyclic amines) is 1. The van der Waals surface area contributed by atoms with Crippen LogP contribution in [0.4, 0.5) is 0 Å². The lowest BCUT2D eigenvalue weighted by Crippen LogP contribution is -2.35. The van der Waals surface area contributed by atoms with Crippen LogP contribution in [0.5, 0.6) is 11.5 Å². The molecule has 0 radical (unpaired) electrons. The van der Waals surface area contributed by atoms with E-state index < -0.39 is 0 Å². The van der Waals surface area contributed by atoms with E-state index in [1.807, 2.05) is 49.4 Å². The molecule has 2 heterocycles. The van der Waals surface area contributed by atoms with Crippen LogP contribution in [0.2, 0.25) is 0 Å². The molecule has 148 valence electrons. The van der Waals surface area contributed by atoms with Crippen molar-refractivity contribution in [2.45, 2.75) is 38.7 Å². The third-order valence-electron chi connectivity index (χ3n) is 5.12. The fourth-order valence-corrected chi connectivity index (χ4v) is 4.81. The number of rotatable bonds is 7. The third-order valence-corrected chi connectivity index (χ3v) is 6.32. The highest BCUT2D eigenvalue weighted by molar-refractivity contribution is 7.18. The van der Waals surface area contributed by atoms with Gasteiger partial charge in [0.1, 0.15) is 6.61 Å². The second kappa shape index (κ2) is 8.93. The van der Waals surface area contributed by atoms with Crippen LogP contribution >= 0.6 is 11.3 Å². The molecular weight excluding hydrogens is 368 g/mol. The Labute approximate surface area is 171 Å². The van der Waals surface area contributed by atoms with E-state index in [1.165, 1.54) is 22.5 Å². The molecule has 0 bridgehead atoms. The van der Waals surface area contributed by atoms with Crippen LogP contribution < -0.4 is 9.47 Å². The minimum atomic E-state index is 0.145. The summed E-state index contributed by atoms with van der Waals surface area (Å²) in [5.74, 6) is 2.25. The summed E-state index contributed by atoms with van der Waals surface area (Å²) < 4.78 is 13.1. The van der Waals surface area contributed by atoms with Gasteiger partial charge >= 0.3 is 0 Å². The van der Waals surface area contributed by atoms with E-state index in [1.54, 1.807) is 0 Å². The summed E-state index contributed by atoms with van der Waals surface area (Å²) in [6.45, 7) is 7.91. The summed E-state index contributed by atoms with van der Waals surface area (Å²) in [7, 11) is 0. The summed E-state index contributed by atoms with van der Waals surface area (Å²) in [6, 6.07) is 16.4. The lowest BCUT2D eigenvalue weighted by atomic mass is 9.97. The Morgan fingerprint density at radius 3 is 2.50 bits per heavy atom. The summed E-state index contributed by atoms with van der Waals surface area (Å²) in [4.78, 5) is 7.35. The topological polar surface area (TPSA) is 34.6 Å². The van der Waals surface area contributed by atoms with E-state index in [-0.39, 0.29) is 6.10 Å². The van der Waals surface area contributed by atoms with Gasteiger partial charge in [0.2, 0.25) is 0 Å². The van der Waals surface area contributed by atoms with Gasteiger partial charge in [-0.25, -0.2) is 4.98 Å². The zero-order valence-corrected chi connectivity index (χ0v) is 17.5. The van der Waals surface area contributed by atoms with Crippen LogP contribution in [-0.2, 0) is 0 Å². The molecule has 3 aromatic rings. The van der Waals surface area contributed by atoms with Crippen molar-refractivity contribution in [3.63, 3.8) is 0 Å². The molecule has 0 aliphatic carbocycles. The number of aromatic nitrogens is 1. The average molecular weight is 397 g/mol. The van der Waals surface area contributed by atoms with E-state index in [9.17, 15) is 0 Å². The Morgan fingerprint density at radius 1 is 1.04 bits per heavy atom. The maximum Gasteiger partial charge on any atom is 0.161 e. The van der Waals surface area contributed by atoms with Crippen molar-refractivity contribution in [2.24, 2.45) is 0 Å². The van der Waals surface area contributed by atoms with Crippen molar-refractivity contribution in [1.82, 2.24) is 9.88 Å². The molecule has 1 aliphatic rings. The fraction of sp³-hybridized carbons (Fsp3) is 0.435. The Balaban J connectivity index is 1.26. The maximum atomic E-state index is 6.02. The molecule has 1 fully saturated rings. The van der Waals surface area contributed by atoms with Crippen LogP contribution in [0.1, 0.15) is 37.6 Å². The smallest absolute Gasteiger partial charge is 0.161 e. The summed E-state index contributed by atoms with van der Waals surface area (Å²) >= 11 is 1.86. The van der Waals surface area contributed by atoms with Gasteiger partial charge in [-0.2, -0.15) is 0 Å². The molecule has 2 aromatic carbocycles. The Bertz CT molecular complexity index is 867. The summed E-state index contributed by atoms with van der Waals surface area (Å²) in [6.07, 6.45) is 2.49. The first-order valence-corrected chi connectivity index (χ1v) is 11.0. The number of hydrogen-bond donors (Lipinski definition) is 0. The number of benzene rings is 2. The normalized spacial score (nSPS) is 16.0. The number of ether oxygens (including phenoxy) is 2. The predicted octanol–water partition coefficient (Wildman–Crippen LogP) is 5.34. The van der Waals surface area contributed by atoms with Gasteiger partial charge in [-0.15, -0.1) is 11.3 Å². The fourth-order valence-electron chi connectivity index (χ4n) is 3.67. The van der Waals surface area contributed by atoms with Crippen LogP contribution in [0, 0.1) is 0 Å². The molecule has 4 nitrogen and oxygen atoms in total. The van der Waals surface area contributed by atoms with Crippen molar-refractivity contribution in [3.8, 4) is 11.5 Å². The molecule has 0 amide bonds. The zero-order valence-electron chi connectivity index (χ0n) is 16.6. The molecule has 28 heavy (non-hydrogen) atoms. The first kappa shape index (κ1) is 19.2. The molecule has 0 unspecified atom stereocenters. The van der Waals surface area contributed by atoms with E-state index >= 15 is 0 Å². The van der Waals surface area contributed by atoms with E-state index in [2.05, 4.69) is 29.2 Å². The van der Waals surface area contributed by atoms with Gasteiger partial charge < -0.3 is 9.47 Å². The van der Waals surface area contributed by atoms with Gasteiger partial charge in [0.25, 0.3) is 0 Å². The summed E-state index contributed by atoms with van der Waals surface area (Å²) in [5, 5.41) is 1.30. The maximum absolute atomic E-state index is 6.02. The van der Waals surface area contributed by atoms with E-state index in [0.717, 1.165) is 36.6 Å². The van der Waals surface area contributed by atoms with Gasteiger partial charge in [0.15, 0.2) is 11.5 Å². The molecule has 4 rings (SSSR count). The molecular formula is C23H28N2O2S. The van der Waals surface area contributed by atoms with Crippen LogP contribution in [0.3, 0.4) is 0 Å². The van der Waals surface area contributed by atoms with Gasteiger partial charge in [-0.1, -0.05) is 24.3 Å². The molecule has 0 N–H and O–H groups in total. The van der Waals surface area contributed by atoms with Crippen LogP contribution in [-0.4, -0.2) is 42.2 Å². The van der Waals surface area contributed by atoms with E-state index in [0.29, 0.717) is 12.5 Å². The van der Waals surface area contributed by atoms with Crippen LogP contribution in [0.15, 0.2) is 48.5 Å². The standard InChI is InChI=1S/C23H28N2O2S/c1-17(2)27-21-9-5-4-8-20(21)26-16-15-25-13-11-18(12-14-25)23-24-19-7-3-6-10-22(19)28-23/h3-10,17-18H,11-16H2,1-2H3. The first-order valence-electron chi connectivity index (χ1n) is 10.2. The monoisotopic (exact) mass is 396 g/mol. The highest BCUT2D eigenvalue weighted by Crippen LogP contribution is 2.34. The number of thiazole rings is 1. The van der Waals surface area contributed by atoms with Gasteiger partial charge in [0, 0.05) is 12.5 Å². The van der Waals surface area contributed by atoms with Gasteiger partial charge in [0.05, 0.1) is 21.3 Å². The molecule has 0 atom stereocenters. The number of para-hydroxylation sites is 3. The number of fused-ring (bicyclic) bond motifs is 1. The molecule has 1 aliphatic heterocycles. The summed E-state index contributed by atoms with van der Waals surface area (Å²) in [5.41, 5.74) is 1.14. The predicted molar refractivity (Wildman–Crippen MR) is 116 cm³/mol. The van der Waals surface area contributed by atoms with Crippen LogP contribution in [0.25, 0.3) is 10.2 Å². The minimum Gasteiger partial charge on any atom is -0.488 e. The largest absolute Gasteiger partial charge is 0.488 e. The Hall–Kier alpha value is -2.11. The Morgan fingerprint density at radius 2 is 1.75 bits per heavy atom. The molecule has 0 saturated carbocycles. The highest BCUT2D eigenvalue weighted by Gasteiger charge is 2.23. The second-order valence-electron chi connectivity index (χ2n) is 7.60. The zero-order chi connectivity index (χ0) is 19.3. The van der Waals surface area contributed by atoms with Crippen molar-refractivity contribution < 1.29 is 9.47 Å². The lowest BCUT2D eigenvalue weighted by Gasteiger charge is -2.30. The van der Waals surface area contributed by atoms with Crippen molar-refractivity contribution in [2.75, 3.05) is 26.2 Å². The first-order chi connectivity index (χ1) is 13.7. The van der Waals surface area contributed by atoms with Crippen molar-refractivity contribution in [1.29, 1.82) is 0 Å².